The highest BCUT2D eigenvalue weighted by Crippen LogP contribution is 2.35. The number of pyridine rings is 1. The Morgan fingerprint density at radius 3 is 2.50 bits per heavy atom. The van der Waals surface area contributed by atoms with Crippen LogP contribution in [-0.2, 0) is 0 Å². The monoisotopic (exact) mass is 321 g/mol. The molecule has 24 heavy (non-hydrogen) atoms. The summed E-state index contributed by atoms with van der Waals surface area (Å²) >= 11 is 0. The first-order chi connectivity index (χ1) is 11.5. The molecule has 0 spiro atoms. The van der Waals surface area contributed by atoms with Crippen molar-refractivity contribution in [2.45, 2.75) is 27.2 Å². The minimum atomic E-state index is -0.0936. The van der Waals surface area contributed by atoms with Crippen LogP contribution in [-0.4, -0.2) is 28.2 Å². The molecule has 1 atom stereocenters. The molecule has 3 rings (SSSR count). The van der Waals surface area contributed by atoms with Crippen molar-refractivity contribution in [2.24, 2.45) is 16.4 Å². The van der Waals surface area contributed by atoms with Crippen LogP contribution in [0.2, 0.25) is 0 Å². The van der Waals surface area contributed by atoms with Crippen LogP contribution in [0.5, 0.6) is 0 Å². The highest BCUT2D eigenvalue weighted by molar-refractivity contribution is 6.04. The van der Waals surface area contributed by atoms with E-state index in [9.17, 15) is 4.79 Å². The van der Waals surface area contributed by atoms with Gasteiger partial charge in [-0.25, -0.2) is 5.01 Å². The molecule has 1 unspecified atom stereocenters. The van der Waals surface area contributed by atoms with Crippen molar-refractivity contribution in [3.8, 4) is 0 Å². The largest absolute Gasteiger partial charge is 0.275 e. The fraction of sp³-hybridized carbons (Fsp3) is 0.350. The van der Waals surface area contributed by atoms with Crippen molar-refractivity contribution in [3.05, 3.63) is 66.0 Å². The second kappa shape index (κ2) is 6.56. The standard InChI is InChI=1S/C20H23N3O/c1-20(2,3)17-11-13-23(19(24)16-10-7-12-21-14-16)22-18(17)15-8-5-4-6-9-15/h4-10,12,14,17H,11,13H2,1-3H3. The Bertz CT molecular complexity index is 732. The van der Waals surface area contributed by atoms with Crippen LogP contribution < -0.4 is 0 Å². The van der Waals surface area contributed by atoms with Gasteiger partial charge in [0.2, 0.25) is 0 Å². The van der Waals surface area contributed by atoms with Crippen molar-refractivity contribution in [1.29, 1.82) is 0 Å². The normalized spacial score (nSPS) is 18.2. The van der Waals surface area contributed by atoms with Crippen molar-refractivity contribution in [2.75, 3.05) is 6.54 Å². The molecular weight excluding hydrogens is 298 g/mol. The van der Waals surface area contributed by atoms with E-state index in [1.807, 2.05) is 18.2 Å². The van der Waals surface area contributed by atoms with Crippen LogP contribution in [0, 0.1) is 11.3 Å². The van der Waals surface area contributed by atoms with E-state index in [-0.39, 0.29) is 11.3 Å². The molecule has 1 aliphatic rings. The Hall–Kier alpha value is -2.49. The molecule has 0 aliphatic carbocycles. The van der Waals surface area contributed by atoms with E-state index in [4.69, 9.17) is 5.10 Å². The number of hydrogen-bond donors (Lipinski definition) is 0. The van der Waals surface area contributed by atoms with Gasteiger partial charge < -0.3 is 0 Å². The van der Waals surface area contributed by atoms with E-state index < -0.39 is 0 Å². The number of hydrogen-bond acceptors (Lipinski definition) is 3. The average Bonchev–Trinajstić information content (AvgIpc) is 2.61. The molecule has 4 heteroatoms. The van der Waals surface area contributed by atoms with Crippen LogP contribution in [0.4, 0.5) is 0 Å². The van der Waals surface area contributed by atoms with Gasteiger partial charge in [-0.2, -0.15) is 5.10 Å². The van der Waals surface area contributed by atoms with Crippen LogP contribution in [0.3, 0.4) is 0 Å². The SMILES string of the molecule is CC(C)(C)C1CCN(C(=O)c2cccnc2)N=C1c1ccccc1. The lowest BCUT2D eigenvalue weighted by Crippen LogP contribution is -2.41. The lowest BCUT2D eigenvalue weighted by atomic mass is 9.73. The zero-order valence-corrected chi connectivity index (χ0v) is 14.4. The summed E-state index contributed by atoms with van der Waals surface area (Å²) in [6.45, 7) is 7.32. The van der Waals surface area contributed by atoms with Gasteiger partial charge in [0, 0.05) is 24.9 Å². The minimum Gasteiger partial charge on any atom is -0.267 e. The first-order valence-electron chi connectivity index (χ1n) is 8.32. The van der Waals surface area contributed by atoms with E-state index in [0.717, 1.165) is 17.7 Å². The van der Waals surface area contributed by atoms with E-state index in [1.54, 1.807) is 29.5 Å². The van der Waals surface area contributed by atoms with Crippen molar-refractivity contribution < 1.29 is 4.79 Å². The summed E-state index contributed by atoms with van der Waals surface area (Å²) in [7, 11) is 0. The van der Waals surface area contributed by atoms with Crippen LogP contribution >= 0.6 is 0 Å². The third-order valence-corrected chi connectivity index (χ3v) is 4.45. The molecule has 0 radical (unpaired) electrons. The fourth-order valence-electron chi connectivity index (χ4n) is 3.13. The van der Waals surface area contributed by atoms with Gasteiger partial charge in [-0.05, 0) is 29.5 Å². The van der Waals surface area contributed by atoms with Gasteiger partial charge in [0.25, 0.3) is 5.91 Å². The number of aromatic nitrogens is 1. The molecular formula is C20H23N3O. The zero-order chi connectivity index (χ0) is 17.2. The van der Waals surface area contributed by atoms with E-state index in [1.165, 1.54) is 0 Å². The molecule has 2 heterocycles. The Labute approximate surface area is 143 Å². The summed E-state index contributed by atoms with van der Waals surface area (Å²) in [5.41, 5.74) is 2.74. The van der Waals surface area contributed by atoms with Gasteiger partial charge >= 0.3 is 0 Å². The van der Waals surface area contributed by atoms with Crippen molar-refractivity contribution in [3.63, 3.8) is 0 Å². The average molecular weight is 321 g/mol. The van der Waals surface area contributed by atoms with E-state index in [2.05, 4.69) is 37.9 Å². The maximum absolute atomic E-state index is 12.7. The van der Waals surface area contributed by atoms with Gasteiger partial charge in [-0.1, -0.05) is 51.1 Å². The number of nitrogens with zero attached hydrogens (tertiary/aromatic N) is 3. The smallest absolute Gasteiger partial charge is 0.267 e. The van der Waals surface area contributed by atoms with Gasteiger partial charge in [-0.15, -0.1) is 0 Å². The number of benzene rings is 1. The number of carbonyl (C=O) groups is 1. The predicted molar refractivity (Wildman–Crippen MR) is 95.8 cm³/mol. The number of carbonyl (C=O) groups excluding carboxylic acids is 1. The number of hydrazone groups is 1. The number of rotatable bonds is 2. The van der Waals surface area contributed by atoms with E-state index >= 15 is 0 Å². The summed E-state index contributed by atoms with van der Waals surface area (Å²) in [6.07, 6.45) is 4.17. The summed E-state index contributed by atoms with van der Waals surface area (Å²) < 4.78 is 0. The zero-order valence-electron chi connectivity index (χ0n) is 14.4. The summed E-state index contributed by atoms with van der Waals surface area (Å²) in [4.78, 5) is 16.7. The third kappa shape index (κ3) is 3.37. The fourth-order valence-corrected chi connectivity index (χ4v) is 3.13. The minimum absolute atomic E-state index is 0.0936. The molecule has 0 bridgehead atoms. The van der Waals surface area contributed by atoms with Gasteiger partial charge in [0.1, 0.15) is 0 Å². The van der Waals surface area contributed by atoms with Crippen molar-refractivity contribution in [1.82, 2.24) is 9.99 Å². The highest BCUT2D eigenvalue weighted by Gasteiger charge is 2.35. The maximum Gasteiger partial charge on any atom is 0.275 e. The Kier molecular flexibility index (Phi) is 4.47. The lowest BCUT2D eigenvalue weighted by molar-refractivity contribution is 0.0725. The first kappa shape index (κ1) is 16.4. The highest BCUT2D eigenvalue weighted by atomic mass is 16.2. The van der Waals surface area contributed by atoms with Crippen LogP contribution in [0.15, 0.2) is 60.0 Å². The van der Waals surface area contributed by atoms with Gasteiger partial charge in [0.05, 0.1) is 11.3 Å². The summed E-state index contributed by atoms with van der Waals surface area (Å²) in [5.74, 6) is 0.224. The molecule has 0 saturated heterocycles. The second-order valence-corrected chi connectivity index (χ2v) is 7.23. The molecule has 0 fully saturated rings. The maximum atomic E-state index is 12.7. The molecule has 0 N–H and O–H groups in total. The van der Waals surface area contributed by atoms with E-state index in [0.29, 0.717) is 18.0 Å². The van der Waals surface area contributed by atoms with Gasteiger partial charge in [-0.3, -0.25) is 9.78 Å². The molecule has 124 valence electrons. The number of amides is 1. The van der Waals surface area contributed by atoms with Crippen LogP contribution in [0.1, 0.15) is 43.1 Å². The summed E-state index contributed by atoms with van der Waals surface area (Å²) in [5, 5.41) is 6.33. The molecule has 1 amide bonds. The Morgan fingerprint density at radius 2 is 1.88 bits per heavy atom. The first-order valence-corrected chi connectivity index (χ1v) is 8.32. The van der Waals surface area contributed by atoms with Gasteiger partial charge in [0.15, 0.2) is 0 Å². The molecule has 1 aromatic carbocycles. The topological polar surface area (TPSA) is 45.6 Å². The third-order valence-electron chi connectivity index (χ3n) is 4.45. The Morgan fingerprint density at radius 1 is 1.12 bits per heavy atom. The van der Waals surface area contributed by atoms with Crippen molar-refractivity contribution >= 4 is 11.6 Å². The Balaban J connectivity index is 1.98. The molecule has 1 aliphatic heterocycles. The predicted octanol–water partition coefficient (Wildman–Crippen LogP) is 3.99. The summed E-state index contributed by atoms with van der Waals surface area (Å²) in [6, 6.07) is 13.7. The molecule has 4 nitrogen and oxygen atoms in total. The molecule has 0 saturated carbocycles. The molecule has 1 aromatic heterocycles. The quantitative estimate of drug-likeness (QED) is 0.839. The second-order valence-electron chi connectivity index (χ2n) is 7.23. The molecule has 2 aromatic rings. The lowest BCUT2D eigenvalue weighted by Gasteiger charge is -2.37. The van der Waals surface area contributed by atoms with Crippen LogP contribution in [0.25, 0.3) is 0 Å².